The number of carbonyl (C=O) groups excluding carboxylic acids is 2. The highest BCUT2D eigenvalue weighted by atomic mass is 19.4. The monoisotopic (exact) mass is 417 g/mol. The van der Waals surface area contributed by atoms with Crippen LogP contribution in [0.1, 0.15) is 34.3 Å². The van der Waals surface area contributed by atoms with Crippen molar-refractivity contribution >= 4 is 17.5 Å². The number of fused-ring (bicyclic) bond motifs is 1. The van der Waals surface area contributed by atoms with Crippen LogP contribution in [0.5, 0.6) is 0 Å². The number of hydrogen-bond donors (Lipinski definition) is 2. The second kappa shape index (κ2) is 7.75. The Morgan fingerprint density at radius 3 is 2.50 bits per heavy atom. The Labute approximate surface area is 172 Å². The van der Waals surface area contributed by atoms with Crippen LogP contribution in [0.15, 0.2) is 36.4 Å². The smallest absolute Gasteiger partial charge is 0.355 e. The molecule has 2 aromatic carbocycles. The van der Waals surface area contributed by atoms with Gasteiger partial charge < -0.3 is 15.5 Å². The van der Waals surface area contributed by atoms with Gasteiger partial charge in [-0.25, -0.2) is 0 Å². The highest BCUT2D eigenvalue weighted by Crippen LogP contribution is 2.39. The molecule has 0 radical (unpaired) electrons. The van der Waals surface area contributed by atoms with Gasteiger partial charge in [-0.3, -0.25) is 9.59 Å². The summed E-state index contributed by atoms with van der Waals surface area (Å²) in [7, 11) is 1.51. The van der Waals surface area contributed by atoms with Crippen molar-refractivity contribution in [1.82, 2.24) is 10.6 Å². The average molecular weight is 417 g/mol. The maximum Gasteiger partial charge on any atom is 0.416 e. The third kappa shape index (κ3) is 3.67. The van der Waals surface area contributed by atoms with E-state index in [2.05, 4.69) is 10.6 Å². The number of anilines is 1. The van der Waals surface area contributed by atoms with Crippen molar-refractivity contribution in [3.05, 3.63) is 53.1 Å². The quantitative estimate of drug-likeness (QED) is 0.805. The van der Waals surface area contributed by atoms with Crippen molar-refractivity contribution in [3.63, 3.8) is 0 Å². The molecule has 2 aromatic rings. The molecule has 4 rings (SSSR count). The minimum absolute atomic E-state index is 0.0290. The van der Waals surface area contributed by atoms with Gasteiger partial charge in [0.05, 0.1) is 11.6 Å². The number of nitrogens with zero attached hydrogens (tertiary/aromatic N) is 1. The minimum atomic E-state index is -4.41. The van der Waals surface area contributed by atoms with Gasteiger partial charge in [0.15, 0.2) is 0 Å². The standard InChI is InChI=1S/C22H22F3N3O2/c1-26-20(29)14-11-17(13-4-6-15(7-5-13)22(23,24)25)16-8-10-28(19(16)12-14)21(30)18-3-2-9-27-18/h4-7,11-12,18,27H,2-3,8-10H2,1H3,(H,26,29). The second-order valence-corrected chi connectivity index (χ2v) is 7.56. The van der Waals surface area contributed by atoms with Crippen LogP contribution in [0, 0.1) is 0 Å². The molecule has 1 unspecified atom stereocenters. The van der Waals surface area contributed by atoms with E-state index in [1.165, 1.54) is 19.2 Å². The summed E-state index contributed by atoms with van der Waals surface area (Å²) in [6, 6.07) is 8.03. The molecule has 0 spiro atoms. The molecule has 0 aromatic heterocycles. The number of amides is 2. The predicted molar refractivity (Wildman–Crippen MR) is 107 cm³/mol. The van der Waals surface area contributed by atoms with Crippen LogP contribution in [-0.4, -0.2) is 38.0 Å². The summed E-state index contributed by atoms with van der Waals surface area (Å²) in [5, 5.41) is 5.78. The minimum Gasteiger partial charge on any atom is -0.355 e. The molecule has 1 atom stereocenters. The summed E-state index contributed by atoms with van der Waals surface area (Å²) in [4.78, 5) is 27.0. The van der Waals surface area contributed by atoms with Gasteiger partial charge in [-0.15, -0.1) is 0 Å². The molecule has 2 aliphatic rings. The Bertz CT molecular complexity index is 980. The van der Waals surface area contributed by atoms with Crippen molar-refractivity contribution in [2.45, 2.75) is 31.5 Å². The number of hydrogen-bond acceptors (Lipinski definition) is 3. The number of alkyl halides is 3. The van der Waals surface area contributed by atoms with E-state index in [9.17, 15) is 22.8 Å². The number of halogens is 3. The Kier molecular flexibility index (Phi) is 5.27. The van der Waals surface area contributed by atoms with Gasteiger partial charge >= 0.3 is 6.18 Å². The Balaban J connectivity index is 1.78. The van der Waals surface area contributed by atoms with Crippen LogP contribution in [0.4, 0.5) is 18.9 Å². The van der Waals surface area contributed by atoms with Gasteiger partial charge in [-0.2, -0.15) is 13.2 Å². The SMILES string of the molecule is CNC(=O)c1cc(-c2ccc(C(F)(F)F)cc2)c2c(c1)N(C(=O)C1CCCN1)CC2. The molecular formula is C22H22F3N3O2. The highest BCUT2D eigenvalue weighted by Gasteiger charge is 2.34. The number of carbonyl (C=O) groups is 2. The molecule has 5 nitrogen and oxygen atoms in total. The van der Waals surface area contributed by atoms with E-state index in [0.717, 1.165) is 37.1 Å². The largest absolute Gasteiger partial charge is 0.416 e. The van der Waals surface area contributed by atoms with Crippen molar-refractivity contribution in [3.8, 4) is 11.1 Å². The van der Waals surface area contributed by atoms with Crippen molar-refractivity contribution < 1.29 is 22.8 Å². The van der Waals surface area contributed by atoms with E-state index in [-0.39, 0.29) is 17.9 Å². The van der Waals surface area contributed by atoms with E-state index in [4.69, 9.17) is 0 Å². The maximum absolute atomic E-state index is 13.0. The summed E-state index contributed by atoms with van der Waals surface area (Å²) in [5.41, 5.74) is 2.42. The second-order valence-electron chi connectivity index (χ2n) is 7.56. The average Bonchev–Trinajstić information content (AvgIpc) is 3.41. The summed E-state index contributed by atoms with van der Waals surface area (Å²) < 4.78 is 38.8. The van der Waals surface area contributed by atoms with Gasteiger partial charge in [0, 0.05) is 24.8 Å². The van der Waals surface area contributed by atoms with Gasteiger partial charge in [-0.05, 0) is 66.8 Å². The molecule has 0 saturated carbocycles. The molecule has 30 heavy (non-hydrogen) atoms. The Morgan fingerprint density at radius 2 is 1.90 bits per heavy atom. The molecule has 2 aliphatic heterocycles. The lowest BCUT2D eigenvalue weighted by molar-refractivity contribution is -0.137. The van der Waals surface area contributed by atoms with Crippen LogP contribution < -0.4 is 15.5 Å². The van der Waals surface area contributed by atoms with Crippen molar-refractivity contribution in [2.75, 3.05) is 25.0 Å². The van der Waals surface area contributed by atoms with Gasteiger partial charge in [0.1, 0.15) is 0 Å². The van der Waals surface area contributed by atoms with Crippen LogP contribution in [0.25, 0.3) is 11.1 Å². The summed E-state index contributed by atoms with van der Waals surface area (Å²) in [5.74, 6) is -0.345. The number of rotatable bonds is 3. The molecule has 1 saturated heterocycles. The van der Waals surface area contributed by atoms with E-state index < -0.39 is 11.7 Å². The maximum atomic E-state index is 13.0. The topological polar surface area (TPSA) is 61.4 Å². The summed E-state index contributed by atoms with van der Waals surface area (Å²) >= 11 is 0. The number of benzene rings is 2. The summed E-state index contributed by atoms with van der Waals surface area (Å²) in [6.07, 6.45) is -2.13. The first-order chi connectivity index (χ1) is 14.3. The fraction of sp³-hybridized carbons (Fsp3) is 0.364. The zero-order chi connectivity index (χ0) is 21.5. The van der Waals surface area contributed by atoms with Crippen molar-refractivity contribution in [1.29, 1.82) is 0 Å². The fourth-order valence-electron chi connectivity index (χ4n) is 4.19. The molecule has 8 heteroatoms. The third-order valence-corrected chi connectivity index (χ3v) is 5.74. The molecule has 1 fully saturated rings. The zero-order valence-corrected chi connectivity index (χ0v) is 16.5. The first kappa shape index (κ1) is 20.4. The van der Waals surface area contributed by atoms with Gasteiger partial charge in [0.25, 0.3) is 5.91 Å². The predicted octanol–water partition coefficient (Wildman–Crippen LogP) is 3.37. The lowest BCUT2D eigenvalue weighted by Gasteiger charge is -2.22. The molecular weight excluding hydrogens is 395 g/mol. The van der Waals surface area contributed by atoms with E-state index in [1.807, 2.05) is 0 Å². The first-order valence-electron chi connectivity index (χ1n) is 9.91. The van der Waals surface area contributed by atoms with Crippen LogP contribution in [0.2, 0.25) is 0 Å². The van der Waals surface area contributed by atoms with E-state index in [1.54, 1.807) is 17.0 Å². The zero-order valence-electron chi connectivity index (χ0n) is 16.5. The van der Waals surface area contributed by atoms with Crippen LogP contribution >= 0.6 is 0 Å². The Hall–Kier alpha value is -2.87. The molecule has 158 valence electrons. The van der Waals surface area contributed by atoms with Gasteiger partial charge in [0.2, 0.25) is 5.91 Å². The lowest BCUT2D eigenvalue weighted by atomic mass is 9.94. The van der Waals surface area contributed by atoms with Crippen LogP contribution in [-0.2, 0) is 17.4 Å². The van der Waals surface area contributed by atoms with E-state index in [0.29, 0.717) is 35.3 Å². The summed E-state index contributed by atoms with van der Waals surface area (Å²) in [6.45, 7) is 1.28. The highest BCUT2D eigenvalue weighted by molar-refractivity contribution is 6.03. The third-order valence-electron chi connectivity index (χ3n) is 5.74. The van der Waals surface area contributed by atoms with Crippen LogP contribution in [0.3, 0.4) is 0 Å². The number of nitrogens with one attached hydrogen (secondary N) is 2. The molecule has 0 bridgehead atoms. The normalized spacial score (nSPS) is 18.4. The lowest BCUT2D eigenvalue weighted by Crippen LogP contribution is -2.43. The van der Waals surface area contributed by atoms with E-state index >= 15 is 0 Å². The Morgan fingerprint density at radius 1 is 1.17 bits per heavy atom. The molecule has 0 aliphatic carbocycles. The fourth-order valence-corrected chi connectivity index (χ4v) is 4.19. The van der Waals surface area contributed by atoms with Gasteiger partial charge in [-0.1, -0.05) is 12.1 Å². The molecule has 2 N–H and O–H groups in total. The first-order valence-corrected chi connectivity index (χ1v) is 9.91. The molecule has 2 amide bonds. The van der Waals surface area contributed by atoms with Crippen molar-refractivity contribution in [2.24, 2.45) is 0 Å². The molecule has 2 heterocycles.